The lowest BCUT2D eigenvalue weighted by Crippen LogP contribution is -2.27. The Bertz CT molecular complexity index is 545. The molecule has 0 radical (unpaired) electrons. The molecule has 114 valence electrons. The zero-order chi connectivity index (χ0) is 15.1. The number of hydrogen-bond acceptors (Lipinski definition) is 4. The zero-order valence-electron chi connectivity index (χ0n) is 12.3. The Morgan fingerprint density at radius 1 is 1.33 bits per heavy atom. The number of hydrogen-bond donors (Lipinski definition) is 1. The maximum atomic E-state index is 5.84. The lowest BCUT2D eigenvalue weighted by Gasteiger charge is -2.19. The standard InChI is InChI=1S/C15H20BrN3O2/c1-17-14(11-21-12-6-4-3-5-7-12)15-13(16)10-18-19(15)8-9-20-2/h3-7,10,14,17H,8-9,11H2,1-2H3. The summed E-state index contributed by atoms with van der Waals surface area (Å²) in [6.07, 6.45) is 1.80. The van der Waals surface area contributed by atoms with E-state index in [0.29, 0.717) is 19.8 Å². The quantitative estimate of drug-likeness (QED) is 0.792. The SMILES string of the molecule is CNC(COc1ccccc1)c1c(Br)cnn1CCOC. The van der Waals surface area contributed by atoms with E-state index in [1.165, 1.54) is 0 Å². The van der Waals surface area contributed by atoms with E-state index in [2.05, 4.69) is 26.3 Å². The number of para-hydroxylation sites is 1. The Morgan fingerprint density at radius 2 is 2.10 bits per heavy atom. The van der Waals surface area contributed by atoms with Crippen molar-refractivity contribution in [2.45, 2.75) is 12.6 Å². The van der Waals surface area contributed by atoms with Crippen molar-refractivity contribution >= 4 is 15.9 Å². The fraction of sp³-hybridized carbons (Fsp3) is 0.400. The predicted molar refractivity (Wildman–Crippen MR) is 85.5 cm³/mol. The summed E-state index contributed by atoms with van der Waals surface area (Å²) in [6.45, 7) is 1.86. The first-order valence-electron chi connectivity index (χ1n) is 6.81. The van der Waals surface area contributed by atoms with Gasteiger partial charge in [0.15, 0.2) is 0 Å². The van der Waals surface area contributed by atoms with Crippen LogP contribution in [-0.2, 0) is 11.3 Å². The normalized spacial score (nSPS) is 12.3. The molecule has 0 aliphatic heterocycles. The van der Waals surface area contributed by atoms with Crippen LogP contribution in [-0.4, -0.2) is 37.2 Å². The van der Waals surface area contributed by atoms with Crippen LogP contribution in [0.1, 0.15) is 11.7 Å². The van der Waals surface area contributed by atoms with Gasteiger partial charge in [0, 0.05) is 7.11 Å². The van der Waals surface area contributed by atoms with Crippen molar-refractivity contribution in [1.82, 2.24) is 15.1 Å². The summed E-state index contributed by atoms with van der Waals surface area (Å²) in [5.74, 6) is 0.858. The Morgan fingerprint density at radius 3 is 2.76 bits per heavy atom. The second-order valence-corrected chi connectivity index (χ2v) is 5.41. The van der Waals surface area contributed by atoms with Crippen LogP contribution in [0.15, 0.2) is 41.0 Å². The van der Waals surface area contributed by atoms with Crippen LogP contribution in [0.4, 0.5) is 0 Å². The summed E-state index contributed by atoms with van der Waals surface area (Å²) in [4.78, 5) is 0. The predicted octanol–water partition coefficient (Wildman–Crippen LogP) is 2.63. The van der Waals surface area contributed by atoms with Crippen LogP contribution in [0, 0.1) is 0 Å². The van der Waals surface area contributed by atoms with Crippen LogP contribution in [0.3, 0.4) is 0 Å². The summed E-state index contributed by atoms with van der Waals surface area (Å²) < 4.78 is 13.9. The first-order valence-corrected chi connectivity index (χ1v) is 7.60. The van der Waals surface area contributed by atoms with Crippen molar-refractivity contribution < 1.29 is 9.47 Å². The van der Waals surface area contributed by atoms with Crippen molar-refractivity contribution in [1.29, 1.82) is 0 Å². The molecule has 0 saturated heterocycles. The molecule has 6 heteroatoms. The van der Waals surface area contributed by atoms with E-state index in [4.69, 9.17) is 9.47 Å². The van der Waals surface area contributed by atoms with Gasteiger partial charge in [-0.25, -0.2) is 0 Å². The third-order valence-corrected chi connectivity index (χ3v) is 3.79. The summed E-state index contributed by atoms with van der Waals surface area (Å²) in [5.41, 5.74) is 1.06. The largest absolute Gasteiger partial charge is 0.492 e. The van der Waals surface area contributed by atoms with Gasteiger partial charge in [0.05, 0.1) is 35.6 Å². The number of likely N-dealkylation sites (N-methyl/N-ethyl adjacent to an activating group) is 1. The summed E-state index contributed by atoms with van der Waals surface area (Å²) in [5, 5.41) is 7.65. The lowest BCUT2D eigenvalue weighted by atomic mass is 10.2. The number of ether oxygens (including phenoxy) is 2. The summed E-state index contributed by atoms with van der Waals surface area (Å²) in [7, 11) is 3.60. The molecule has 21 heavy (non-hydrogen) atoms. The number of nitrogens with zero attached hydrogens (tertiary/aromatic N) is 2. The lowest BCUT2D eigenvalue weighted by molar-refractivity contribution is 0.180. The molecule has 0 aliphatic carbocycles. The second kappa shape index (κ2) is 8.17. The van der Waals surface area contributed by atoms with E-state index in [0.717, 1.165) is 15.9 Å². The van der Waals surface area contributed by atoms with Gasteiger partial charge < -0.3 is 14.8 Å². The average Bonchev–Trinajstić information content (AvgIpc) is 2.88. The highest BCUT2D eigenvalue weighted by molar-refractivity contribution is 9.10. The molecule has 1 atom stereocenters. The van der Waals surface area contributed by atoms with Crippen molar-refractivity contribution in [2.75, 3.05) is 27.4 Å². The van der Waals surface area contributed by atoms with Gasteiger partial charge in [-0.1, -0.05) is 18.2 Å². The Labute approximate surface area is 133 Å². The minimum atomic E-state index is 0.0407. The smallest absolute Gasteiger partial charge is 0.119 e. The van der Waals surface area contributed by atoms with E-state index in [-0.39, 0.29) is 6.04 Å². The second-order valence-electron chi connectivity index (χ2n) is 4.56. The molecule has 5 nitrogen and oxygen atoms in total. The maximum absolute atomic E-state index is 5.84. The fourth-order valence-electron chi connectivity index (χ4n) is 2.07. The first-order chi connectivity index (χ1) is 10.3. The molecule has 1 N–H and O–H groups in total. The number of halogens is 1. The minimum absolute atomic E-state index is 0.0407. The molecule has 2 rings (SSSR count). The molecule has 0 aliphatic rings. The van der Waals surface area contributed by atoms with Crippen molar-refractivity contribution in [2.24, 2.45) is 0 Å². The molecular formula is C15H20BrN3O2. The molecule has 0 fully saturated rings. The monoisotopic (exact) mass is 353 g/mol. The van der Waals surface area contributed by atoms with Crippen LogP contribution in [0.25, 0.3) is 0 Å². The molecule has 0 bridgehead atoms. The molecule has 1 unspecified atom stereocenters. The zero-order valence-corrected chi connectivity index (χ0v) is 13.8. The van der Waals surface area contributed by atoms with Crippen molar-refractivity contribution in [3.05, 3.63) is 46.7 Å². The van der Waals surface area contributed by atoms with E-state index in [1.54, 1.807) is 13.3 Å². The first kappa shape index (κ1) is 16.0. The Hall–Kier alpha value is -1.37. The topological polar surface area (TPSA) is 48.3 Å². The molecule has 0 amide bonds. The average molecular weight is 354 g/mol. The van der Waals surface area contributed by atoms with Crippen LogP contribution < -0.4 is 10.1 Å². The van der Waals surface area contributed by atoms with Crippen molar-refractivity contribution in [3.8, 4) is 5.75 Å². The van der Waals surface area contributed by atoms with Crippen molar-refractivity contribution in [3.63, 3.8) is 0 Å². The summed E-state index contributed by atoms with van der Waals surface area (Å²) in [6, 6.07) is 9.83. The molecular weight excluding hydrogens is 334 g/mol. The fourth-order valence-corrected chi connectivity index (χ4v) is 2.64. The van der Waals surface area contributed by atoms with Gasteiger partial charge in [0.25, 0.3) is 0 Å². The van der Waals surface area contributed by atoms with Gasteiger partial charge in [-0.15, -0.1) is 0 Å². The number of benzene rings is 1. The highest BCUT2D eigenvalue weighted by Gasteiger charge is 2.19. The van der Waals surface area contributed by atoms with Gasteiger partial charge in [0.1, 0.15) is 12.4 Å². The molecule has 1 aromatic heterocycles. The molecule has 1 aromatic carbocycles. The number of methoxy groups -OCH3 is 1. The highest BCUT2D eigenvalue weighted by atomic mass is 79.9. The summed E-state index contributed by atoms with van der Waals surface area (Å²) >= 11 is 3.56. The molecule has 0 spiro atoms. The van der Waals surface area contributed by atoms with Gasteiger partial charge in [0.2, 0.25) is 0 Å². The number of rotatable bonds is 8. The van der Waals surface area contributed by atoms with E-state index in [1.807, 2.05) is 42.1 Å². The van der Waals surface area contributed by atoms with Gasteiger partial charge in [-0.2, -0.15) is 5.10 Å². The molecule has 1 heterocycles. The Kier molecular flexibility index (Phi) is 6.22. The van der Waals surface area contributed by atoms with Crippen LogP contribution in [0.5, 0.6) is 5.75 Å². The third kappa shape index (κ3) is 4.30. The van der Waals surface area contributed by atoms with Gasteiger partial charge in [-0.3, -0.25) is 4.68 Å². The van der Waals surface area contributed by atoms with Gasteiger partial charge >= 0.3 is 0 Å². The highest BCUT2D eigenvalue weighted by Crippen LogP contribution is 2.24. The maximum Gasteiger partial charge on any atom is 0.119 e. The number of nitrogens with one attached hydrogen (secondary N) is 1. The van der Waals surface area contributed by atoms with E-state index in [9.17, 15) is 0 Å². The van der Waals surface area contributed by atoms with Crippen LogP contribution in [0.2, 0.25) is 0 Å². The van der Waals surface area contributed by atoms with Crippen LogP contribution >= 0.6 is 15.9 Å². The molecule has 2 aromatic rings. The number of aromatic nitrogens is 2. The third-order valence-electron chi connectivity index (χ3n) is 3.18. The Balaban J connectivity index is 2.08. The molecule has 0 saturated carbocycles. The van der Waals surface area contributed by atoms with Gasteiger partial charge in [-0.05, 0) is 35.1 Å². The van der Waals surface area contributed by atoms with E-state index >= 15 is 0 Å². The van der Waals surface area contributed by atoms with E-state index < -0.39 is 0 Å². The minimum Gasteiger partial charge on any atom is -0.492 e.